The van der Waals surface area contributed by atoms with Crippen molar-refractivity contribution in [1.29, 1.82) is 0 Å². The number of ether oxygens (including phenoxy) is 1. The Morgan fingerprint density at radius 2 is 1.95 bits per heavy atom. The van der Waals surface area contributed by atoms with Crippen molar-refractivity contribution < 1.29 is 27.9 Å². The highest BCUT2D eigenvalue weighted by atomic mass is 32.2. The van der Waals surface area contributed by atoms with Gasteiger partial charge in [-0.3, -0.25) is 4.79 Å². The standard InChI is InChI=1S/C12H15NO6S/c1-19-4-3-11(14)13-9-5-8(12(15)16)6-10(7-9)20(2,17)18/h5-7H,3-4H2,1-2H3,(H,13,14)(H,15,16). The Kier molecular flexibility index (Phi) is 5.23. The smallest absolute Gasteiger partial charge is 0.335 e. The zero-order chi connectivity index (χ0) is 15.3. The Hall–Kier alpha value is -1.93. The first-order chi connectivity index (χ1) is 9.24. The molecule has 0 fully saturated rings. The number of hydrogen-bond donors (Lipinski definition) is 2. The number of amides is 1. The van der Waals surface area contributed by atoms with Crippen LogP contribution in [0.3, 0.4) is 0 Å². The highest BCUT2D eigenvalue weighted by molar-refractivity contribution is 7.90. The van der Waals surface area contributed by atoms with Gasteiger partial charge in [0.2, 0.25) is 5.91 Å². The Balaban J connectivity index is 3.10. The molecule has 0 radical (unpaired) electrons. The summed E-state index contributed by atoms with van der Waals surface area (Å²) in [5.74, 6) is -1.67. The van der Waals surface area contributed by atoms with Crippen LogP contribution in [0.2, 0.25) is 0 Å². The molecule has 8 heteroatoms. The summed E-state index contributed by atoms with van der Waals surface area (Å²) in [5, 5.41) is 11.4. The van der Waals surface area contributed by atoms with Crippen molar-refractivity contribution in [3.63, 3.8) is 0 Å². The van der Waals surface area contributed by atoms with Gasteiger partial charge >= 0.3 is 5.97 Å². The van der Waals surface area contributed by atoms with Crippen LogP contribution in [0.15, 0.2) is 23.1 Å². The predicted octanol–water partition coefficient (Wildman–Crippen LogP) is 0.763. The molecule has 0 aliphatic carbocycles. The SMILES string of the molecule is COCCC(=O)Nc1cc(C(=O)O)cc(S(C)(=O)=O)c1. The second-order valence-electron chi connectivity index (χ2n) is 4.11. The quantitative estimate of drug-likeness (QED) is 0.803. The minimum atomic E-state index is -3.57. The summed E-state index contributed by atoms with van der Waals surface area (Å²) in [4.78, 5) is 22.3. The number of sulfone groups is 1. The molecule has 0 aliphatic rings. The third-order valence-electron chi connectivity index (χ3n) is 2.40. The van der Waals surface area contributed by atoms with Gasteiger partial charge in [-0.15, -0.1) is 0 Å². The van der Waals surface area contributed by atoms with E-state index >= 15 is 0 Å². The van der Waals surface area contributed by atoms with Crippen LogP contribution in [-0.2, 0) is 19.4 Å². The number of rotatable bonds is 6. The van der Waals surface area contributed by atoms with Crippen molar-refractivity contribution >= 4 is 27.4 Å². The highest BCUT2D eigenvalue weighted by Crippen LogP contribution is 2.19. The van der Waals surface area contributed by atoms with Crippen LogP contribution in [0.4, 0.5) is 5.69 Å². The molecule has 0 heterocycles. The third kappa shape index (κ3) is 4.63. The molecule has 0 unspecified atom stereocenters. The van der Waals surface area contributed by atoms with E-state index in [9.17, 15) is 18.0 Å². The summed E-state index contributed by atoms with van der Waals surface area (Å²) in [5.41, 5.74) is -0.0959. The molecule has 0 atom stereocenters. The number of anilines is 1. The van der Waals surface area contributed by atoms with Crippen LogP contribution in [0.25, 0.3) is 0 Å². The van der Waals surface area contributed by atoms with Crippen LogP contribution in [0.1, 0.15) is 16.8 Å². The fourth-order valence-electron chi connectivity index (χ4n) is 1.43. The van der Waals surface area contributed by atoms with Crippen LogP contribution >= 0.6 is 0 Å². The Morgan fingerprint density at radius 1 is 1.30 bits per heavy atom. The van der Waals surface area contributed by atoms with E-state index in [2.05, 4.69) is 5.32 Å². The number of carbonyl (C=O) groups excluding carboxylic acids is 1. The van der Waals surface area contributed by atoms with E-state index in [1.54, 1.807) is 0 Å². The molecule has 110 valence electrons. The van der Waals surface area contributed by atoms with Crippen LogP contribution in [0, 0.1) is 0 Å². The van der Waals surface area contributed by atoms with Crippen molar-refractivity contribution in [2.45, 2.75) is 11.3 Å². The number of carbonyl (C=O) groups is 2. The lowest BCUT2D eigenvalue weighted by Crippen LogP contribution is -2.14. The van der Waals surface area contributed by atoms with Crippen LogP contribution in [0.5, 0.6) is 0 Å². The molecule has 0 spiro atoms. The molecule has 7 nitrogen and oxygen atoms in total. The van der Waals surface area contributed by atoms with Gasteiger partial charge in [-0.25, -0.2) is 13.2 Å². The second kappa shape index (κ2) is 6.49. The van der Waals surface area contributed by atoms with Gasteiger partial charge in [0.25, 0.3) is 0 Å². The fraction of sp³-hybridized carbons (Fsp3) is 0.333. The van der Waals surface area contributed by atoms with Gasteiger partial charge in [-0.1, -0.05) is 0 Å². The molecule has 0 saturated heterocycles. The van der Waals surface area contributed by atoms with Crippen LogP contribution < -0.4 is 5.32 Å². The Morgan fingerprint density at radius 3 is 2.45 bits per heavy atom. The fourth-order valence-corrected chi connectivity index (χ4v) is 2.11. The van der Waals surface area contributed by atoms with Crippen molar-refractivity contribution in [1.82, 2.24) is 0 Å². The maximum absolute atomic E-state index is 11.5. The van der Waals surface area contributed by atoms with Gasteiger partial charge in [0.1, 0.15) is 0 Å². The number of benzene rings is 1. The van der Waals surface area contributed by atoms with Crippen molar-refractivity contribution in [2.75, 3.05) is 25.3 Å². The van der Waals surface area contributed by atoms with E-state index < -0.39 is 21.7 Å². The molecule has 0 saturated carbocycles. The average Bonchev–Trinajstić information content (AvgIpc) is 2.34. The molecule has 0 aliphatic heterocycles. The largest absolute Gasteiger partial charge is 0.478 e. The number of carboxylic acid groups (broad SMARTS) is 1. The molecule has 0 bridgehead atoms. The topological polar surface area (TPSA) is 110 Å². The number of carboxylic acids is 1. The highest BCUT2D eigenvalue weighted by Gasteiger charge is 2.14. The summed E-state index contributed by atoms with van der Waals surface area (Å²) < 4.78 is 27.7. The third-order valence-corrected chi connectivity index (χ3v) is 3.49. The van der Waals surface area contributed by atoms with E-state index in [0.717, 1.165) is 12.3 Å². The first kappa shape index (κ1) is 16.1. The number of hydrogen-bond acceptors (Lipinski definition) is 5. The first-order valence-corrected chi connectivity index (χ1v) is 7.50. The zero-order valence-electron chi connectivity index (χ0n) is 11.0. The van der Waals surface area contributed by atoms with Crippen molar-refractivity contribution in [3.8, 4) is 0 Å². The molecule has 1 amide bonds. The Labute approximate surface area is 116 Å². The summed E-state index contributed by atoms with van der Waals surface area (Å²) in [6, 6.07) is 3.46. The van der Waals surface area contributed by atoms with Gasteiger partial charge in [0, 0.05) is 19.1 Å². The van der Waals surface area contributed by atoms with Gasteiger partial charge < -0.3 is 15.2 Å². The molecular weight excluding hydrogens is 286 g/mol. The predicted molar refractivity (Wildman–Crippen MR) is 71.6 cm³/mol. The number of aromatic carboxylic acids is 1. The van der Waals surface area contributed by atoms with E-state index in [-0.39, 0.29) is 29.2 Å². The van der Waals surface area contributed by atoms with E-state index in [4.69, 9.17) is 9.84 Å². The van der Waals surface area contributed by atoms with E-state index in [1.165, 1.54) is 19.2 Å². The lowest BCUT2D eigenvalue weighted by molar-refractivity contribution is -0.117. The van der Waals surface area contributed by atoms with Gasteiger partial charge in [-0.05, 0) is 18.2 Å². The maximum Gasteiger partial charge on any atom is 0.335 e. The Bertz CT molecular complexity index is 623. The normalized spacial score (nSPS) is 11.1. The second-order valence-corrected chi connectivity index (χ2v) is 6.13. The van der Waals surface area contributed by atoms with Gasteiger partial charge in [0.05, 0.1) is 23.5 Å². The van der Waals surface area contributed by atoms with Crippen molar-refractivity contribution in [3.05, 3.63) is 23.8 Å². The first-order valence-electron chi connectivity index (χ1n) is 5.61. The lowest BCUT2D eigenvalue weighted by atomic mass is 10.2. The minimum absolute atomic E-state index is 0.0853. The molecule has 1 aromatic rings. The minimum Gasteiger partial charge on any atom is -0.478 e. The number of methoxy groups -OCH3 is 1. The van der Waals surface area contributed by atoms with Gasteiger partial charge in [-0.2, -0.15) is 0 Å². The summed E-state index contributed by atoms with van der Waals surface area (Å²) >= 11 is 0. The molecule has 0 aromatic heterocycles. The maximum atomic E-state index is 11.5. The van der Waals surface area contributed by atoms with Crippen LogP contribution in [-0.4, -0.2) is 45.4 Å². The molecule has 1 rings (SSSR count). The zero-order valence-corrected chi connectivity index (χ0v) is 11.9. The van der Waals surface area contributed by atoms with Crippen molar-refractivity contribution in [2.24, 2.45) is 0 Å². The molecular formula is C12H15NO6S. The number of nitrogens with one attached hydrogen (secondary N) is 1. The summed E-state index contributed by atoms with van der Waals surface area (Å²) in [6.45, 7) is 0.212. The monoisotopic (exact) mass is 301 g/mol. The summed E-state index contributed by atoms with van der Waals surface area (Å²) in [7, 11) is -2.13. The van der Waals surface area contributed by atoms with Gasteiger partial charge in [0.15, 0.2) is 9.84 Å². The van der Waals surface area contributed by atoms with E-state index in [1.807, 2.05) is 0 Å². The molecule has 1 aromatic carbocycles. The average molecular weight is 301 g/mol. The lowest BCUT2D eigenvalue weighted by Gasteiger charge is -2.08. The summed E-state index contributed by atoms with van der Waals surface area (Å²) in [6.07, 6.45) is 1.05. The van der Waals surface area contributed by atoms with E-state index in [0.29, 0.717) is 0 Å². The molecule has 20 heavy (non-hydrogen) atoms. The molecule has 2 N–H and O–H groups in total.